The predicted molar refractivity (Wildman–Crippen MR) is 81.8 cm³/mol. The van der Waals surface area contributed by atoms with E-state index in [0.29, 0.717) is 29.3 Å². The van der Waals surface area contributed by atoms with Crippen LogP contribution in [0, 0.1) is 0 Å². The number of morpholine rings is 1. The van der Waals surface area contributed by atoms with Crippen molar-refractivity contribution in [3.63, 3.8) is 0 Å². The second kappa shape index (κ2) is 6.09. The summed E-state index contributed by atoms with van der Waals surface area (Å²) in [5, 5.41) is 7.26. The molecule has 8 nitrogen and oxygen atoms in total. The summed E-state index contributed by atoms with van der Waals surface area (Å²) < 4.78 is 5.61. The van der Waals surface area contributed by atoms with Gasteiger partial charge >= 0.3 is 0 Å². The van der Waals surface area contributed by atoms with Crippen molar-refractivity contribution >= 4 is 28.7 Å². The monoisotopic (exact) mass is 323 g/mol. The van der Waals surface area contributed by atoms with E-state index in [0.717, 1.165) is 0 Å². The number of hydrogen-bond acceptors (Lipinski definition) is 6. The molecule has 1 aliphatic rings. The molecule has 1 amide bonds. The van der Waals surface area contributed by atoms with Crippen LogP contribution in [0.4, 0.5) is 0 Å². The fraction of sp³-hybridized carbons (Fsp3) is 0.538. The molecule has 22 heavy (non-hydrogen) atoms. The molecule has 0 aromatic carbocycles. The van der Waals surface area contributed by atoms with Crippen molar-refractivity contribution in [1.29, 1.82) is 0 Å². The van der Waals surface area contributed by atoms with Gasteiger partial charge in [-0.1, -0.05) is 11.8 Å². The number of carbonyl (C=O) groups excluding carboxylic acids is 1. The highest BCUT2D eigenvalue weighted by Gasteiger charge is 2.25. The van der Waals surface area contributed by atoms with E-state index in [4.69, 9.17) is 4.74 Å². The van der Waals surface area contributed by atoms with Crippen LogP contribution in [0.2, 0.25) is 0 Å². The van der Waals surface area contributed by atoms with E-state index in [1.165, 1.54) is 18.0 Å². The van der Waals surface area contributed by atoms with Gasteiger partial charge < -0.3 is 14.6 Å². The quantitative estimate of drug-likeness (QED) is 0.625. The van der Waals surface area contributed by atoms with Crippen LogP contribution in [0.3, 0.4) is 0 Å². The van der Waals surface area contributed by atoms with E-state index in [1.807, 2.05) is 13.8 Å². The zero-order chi connectivity index (χ0) is 15.7. The smallest absolute Gasteiger partial charge is 0.262 e. The lowest BCUT2D eigenvalue weighted by molar-refractivity contribution is -0.140. The number of carbonyl (C=O) groups is 1. The van der Waals surface area contributed by atoms with Gasteiger partial charge in [-0.15, -0.1) is 0 Å². The van der Waals surface area contributed by atoms with Crippen molar-refractivity contribution in [2.45, 2.75) is 31.2 Å². The van der Waals surface area contributed by atoms with Crippen LogP contribution >= 0.6 is 11.8 Å². The first-order chi connectivity index (χ1) is 10.5. The highest BCUT2D eigenvalue weighted by molar-refractivity contribution is 7.99. The van der Waals surface area contributed by atoms with Crippen LogP contribution in [-0.4, -0.2) is 62.0 Å². The van der Waals surface area contributed by atoms with Crippen LogP contribution in [-0.2, 0) is 9.53 Å². The van der Waals surface area contributed by atoms with Crippen molar-refractivity contribution in [1.82, 2.24) is 25.1 Å². The Morgan fingerprint density at radius 1 is 1.45 bits per heavy atom. The summed E-state index contributed by atoms with van der Waals surface area (Å²) in [6.45, 7) is 5.09. The molecule has 118 valence electrons. The van der Waals surface area contributed by atoms with Gasteiger partial charge in [-0.25, -0.2) is 4.98 Å². The molecule has 1 aliphatic heterocycles. The Labute approximate surface area is 130 Å². The molecule has 2 aromatic rings. The maximum Gasteiger partial charge on any atom is 0.262 e. The molecule has 9 heteroatoms. The van der Waals surface area contributed by atoms with Crippen LogP contribution in [0.15, 0.2) is 16.1 Å². The second-order valence-corrected chi connectivity index (χ2v) is 6.31. The second-order valence-electron chi connectivity index (χ2n) is 5.35. The average molecular weight is 323 g/mol. The molecule has 1 saturated heterocycles. The van der Waals surface area contributed by atoms with E-state index in [9.17, 15) is 9.59 Å². The third-order valence-electron chi connectivity index (χ3n) is 3.40. The average Bonchev–Trinajstić information content (AvgIpc) is 2.92. The van der Waals surface area contributed by atoms with E-state index in [2.05, 4.69) is 20.2 Å². The number of rotatable bonds is 3. The summed E-state index contributed by atoms with van der Waals surface area (Å²) in [4.78, 5) is 32.8. The number of thioether (sulfide) groups is 1. The number of hydrogen-bond donors (Lipinski definition) is 2. The van der Waals surface area contributed by atoms with Crippen LogP contribution in [0.5, 0.6) is 0 Å². The molecule has 0 radical (unpaired) electrons. The SMILES string of the molecule is C[C@@H]1CN(C(=O)CSc2nc3[nH]ncc3c(=O)[nH]2)C[C@@H](C)O1. The summed E-state index contributed by atoms with van der Waals surface area (Å²) in [7, 11) is 0. The number of ether oxygens (including phenoxy) is 1. The van der Waals surface area contributed by atoms with Crippen molar-refractivity contribution in [3.05, 3.63) is 16.6 Å². The first-order valence-electron chi connectivity index (χ1n) is 7.02. The molecule has 2 atom stereocenters. The molecular weight excluding hydrogens is 306 g/mol. The molecule has 2 N–H and O–H groups in total. The summed E-state index contributed by atoms with van der Waals surface area (Å²) in [5.41, 5.74) is 0.162. The molecule has 0 bridgehead atoms. The van der Waals surface area contributed by atoms with Gasteiger partial charge in [0.15, 0.2) is 10.8 Å². The lowest BCUT2D eigenvalue weighted by Crippen LogP contribution is -2.48. The maximum absolute atomic E-state index is 12.3. The largest absolute Gasteiger partial charge is 0.372 e. The Hall–Kier alpha value is -1.87. The van der Waals surface area contributed by atoms with E-state index in [1.54, 1.807) is 4.90 Å². The Balaban J connectivity index is 1.65. The number of aromatic amines is 2. The maximum atomic E-state index is 12.3. The zero-order valence-corrected chi connectivity index (χ0v) is 13.1. The molecule has 2 aromatic heterocycles. The lowest BCUT2D eigenvalue weighted by Gasteiger charge is -2.35. The lowest BCUT2D eigenvalue weighted by atomic mass is 10.2. The fourth-order valence-corrected chi connectivity index (χ4v) is 3.26. The first-order valence-corrected chi connectivity index (χ1v) is 8.01. The van der Waals surface area contributed by atoms with Crippen molar-refractivity contribution in [2.75, 3.05) is 18.8 Å². The van der Waals surface area contributed by atoms with Crippen LogP contribution < -0.4 is 5.56 Å². The number of nitrogens with zero attached hydrogens (tertiary/aromatic N) is 3. The molecule has 3 rings (SSSR count). The van der Waals surface area contributed by atoms with E-state index in [-0.39, 0.29) is 29.4 Å². The van der Waals surface area contributed by atoms with Crippen LogP contribution in [0.25, 0.3) is 11.0 Å². The van der Waals surface area contributed by atoms with Gasteiger partial charge in [-0.2, -0.15) is 5.10 Å². The third-order valence-corrected chi connectivity index (χ3v) is 4.26. The topological polar surface area (TPSA) is 104 Å². The Bertz CT molecular complexity index is 733. The molecule has 0 aliphatic carbocycles. The minimum Gasteiger partial charge on any atom is -0.372 e. The summed E-state index contributed by atoms with van der Waals surface area (Å²) in [5.74, 6) is 0.238. The Morgan fingerprint density at radius 2 is 2.18 bits per heavy atom. The fourth-order valence-electron chi connectivity index (χ4n) is 2.50. The van der Waals surface area contributed by atoms with Crippen LogP contribution in [0.1, 0.15) is 13.8 Å². The van der Waals surface area contributed by atoms with Gasteiger partial charge in [-0.05, 0) is 13.8 Å². The predicted octanol–water partition coefficient (Wildman–Crippen LogP) is 0.374. The van der Waals surface area contributed by atoms with Gasteiger partial charge in [0.05, 0.1) is 24.2 Å². The first kappa shape index (κ1) is 15.0. The highest BCUT2D eigenvalue weighted by Crippen LogP contribution is 2.16. The number of H-pyrrole nitrogens is 2. The normalized spacial score (nSPS) is 22.2. The standard InChI is InChI=1S/C13H17N5O3S/c1-7-4-18(5-8(2)21-7)10(19)6-22-13-15-11-9(3-14-17-11)12(20)16-13/h3,7-8H,4-6H2,1-2H3,(H2,14,15,16,17,20)/t7-,8-/m1/s1. The Kier molecular flexibility index (Phi) is 4.16. The summed E-state index contributed by atoms with van der Waals surface area (Å²) in [6.07, 6.45) is 1.51. The molecule has 0 spiro atoms. The molecular formula is C13H17N5O3S. The zero-order valence-electron chi connectivity index (χ0n) is 12.3. The van der Waals surface area contributed by atoms with Gasteiger partial charge in [-0.3, -0.25) is 14.7 Å². The van der Waals surface area contributed by atoms with Gasteiger partial charge in [0.2, 0.25) is 5.91 Å². The minimum atomic E-state index is -0.262. The molecule has 1 fully saturated rings. The van der Waals surface area contributed by atoms with E-state index >= 15 is 0 Å². The van der Waals surface area contributed by atoms with Crippen molar-refractivity contribution in [2.24, 2.45) is 0 Å². The molecule has 0 saturated carbocycles. The summed E-state index contributed by atoms with van der Waals surface area (Å²) in [6, 6.07) is 0. The molecule has 3 heterocycles. The van der Waals surface area contributed by atoms with Gasteiger partial charge in [0.25, 0.3) is 5.56 Å². The minimum absolute atomic E-state index is 0.0133. The van der Waals surface area contributed by atoms with E-state index < -0.39 is 0 Å². The van der Waals surface area contributed by atoms with Crippen molar-refractivity contribution in [3.8, 4) is 0 Å². The number of nitrogens with one attached hydrogen (secondary N) is 2. The highest BCUT2D eigenvalue weighted by atomic mass is 32.2. The molecule has 0 unspecified atom stereocenters. The van der Waals surface area contributed by atoms with Gasteiger partial charge in [0, 0.05) is 13.1 Å². The third kappa shape index (κ3) is 3.14. The Morgan fingerprint density at radius 3 is 2.91 bits per heavy atom. The number of amides is 1. The number of aromatic nitrogens is 4. The summed E-state index contributed by atoms with van der Waals surface area (Å²) >= 11 is 1.21. The number of fused-ring (bicyclic) bond motifs is 1. The van der Waals surface area contributed by atoms with Crippen molar-refractivity contribution < 1.29 is 9.53 Å². The van der Waals surface area contributed by atoms with Gasteiger partial charge in [0.1, 0.15) is 5.39 Å².